The molecule has 0 radical (unpaired) electrons. The van der Waals surface area contributed by atoms with Crippen LogP contribution in [0.2, 0.25) is 0 Å². The zero-order valence-electron chi connectivity index (χ0n) is 53.6. The Kier molecular flexibility index (Phi) is 45.6. The molecule has 0 aliphatic carbocycles. The van der Waals surface area contributed by atoms with Crippen molar-refractivity contribution in [2.24, 2.45) is 0 Å². The third-order valence-corrected chi connectivity index (χ3v) is 16.0. The summed E-state index contributed by atoms with van der Waals surface area (Å²) >= 11 is 0. The van der Waals surface area contributed by atoms with Crippen LogP contribution in [0.5, 0.6) is 0 Å². The maximum atomic E-state index is 13.4. The Morgan fingerprint density at radius 2 is 0.787 bits per heavy atom. The van der Waals surface area contributed by atoms with Crippen molar-refractivity contribution in [3.63, 3.8) is 0 Å². The van der Waals surface area contributed by atoms with Crippen LogP contribution in [0.25, 0.3) is 0 Å². The minimum atomic E-state index is -1.99. The molecule has 0 aromatic carbocycles. The highest BCUT2D eigenvalue weighted by Crippen LogP contribution is 2.33. The lowest BCUT2D eigenvalue weighted by Crippen LogP contribution is -2.66. The van der Waals surface area contributed by atoms with Crippen molar-refractivity contribution in [3.05, 3.63) is 109 Å². The number of aliphatic hydroxyl groups excluding tert-OH is 11. The fourth-order valence-electron chi connectivity index (χ4n) is 10.6. The van der Waals surface area contributed by atoms with Crippen LogP contribution in [0.1, 0.15) is 194 Å². The molecule has 3 heterocycles. The van der Waals surface area contributed by atoms with E-state index >= 15 is 0 Å². The number of hydrogen-bond donors (Lipinski definition) is 12. The second kappa shape index (κ2) is 50.9. The summed E-state index contributed by atoms with van der Waals surface area (Å²) in [5.74, 6) is -0.300. The number of unbranched alkanes of at least 4 members (excludes halogenated alkanes) is 17. The van der Waals surface area contributed by atoms with Crippen LogP contribution < -0.4 is 5.32 Å². The van der Waals surface area contributed by atoms with E-state index in [9.17, 15) is 61.0 Å². The number of amides is 1. The van der Waals surface area contributed by atoms with Gasteiger partial charge in [-0.25, -0.2) is 0 Å². The minimum Gasteiger partial charge on any atom is -0.394 e. The van der Waals surface area contributed by atoms with Gasteiger partial charge in [-0.05, 0) is 96.3 Å². The Bertz CT molecular complexity index is 2040. The highest BCUT2D eigenvalue weighted by molar-refractivity contribution is 5.76. The van der Waals surface area contributed by atoms with Gasteiger partial charge in [-0.1, -0.05) is 200 Å². The molecule has 0 aromatic heterocycles. The number of allylic oxidation sites excluding steroid dienone is 17. The highest BCUT2D eigenvalue weighted by atomic mass is 16.8. The number of carbonyl (C=O) groups is 1. The molecule has 3 aliphatic heterocycles. The first-order valence-corrected chi connectivity index (χ1v) is 33.6. The molecular weight excluding hydrogens is 1140 g/mol. The summed E-state index contributed by atoms with van der Waals surface area (Å²) in [6.45, 7) is 1.54. The molecule has 17 atom stereocenters. The normalized spacial score (nSPS) is 28.9. The summed E-state index contributed by atoms with van der Waals surface area (Å²) in [6, 6.07) is -1.01. The van der Waals surface area contributed by atoms with E-state index in [4.69, 9.17) is 28.4 Å². The van der Waals surface area contributed by atoms with Gasteiger partial charge in [-0.2, -0.15) is 0 Å². The molecule has 17 unspecified atom stereocenters. The lowest BCUT2D eigenvalue weighted by Gasteiger charge is -2.48. The van der Waals surface area contributed by atoms with Crippen molar-refractivity contribution in [1.29, 1.82) is 0 Å². The van der Waals surface area contributed by atoms with Crippen molar-refractivity contribution in [2.75, 3.05) is 26.4 Å². The van der Waals surface area contributed by atoms with Gasteiger partial charge in [-0.15, -0.1) is 0 Å². The molecule has 89 heavy (non-hydrogen) atoms. The lowest BCUT2D eigenvalue weighted by atomic mass is 9.96. The molecular formula is C70H117NO18. The first-order chi connectivity index (χ1) is 43.3. The van der Waals surface area contributed by atoms with Crippen LogP contribution in [-0.2, 0) is 33.2 Å². The van der Waals surface area contributed by atoms with Gasteiger partial charge >= 0.3 is 0 Å². The summed E-state index contributed by atoms with van der Waals surface area (Å²) in [7, 11) is 0. The van der Waals surface area contributed by atoms with Gasteiger partial charge in [0, 0.05) is 6.42 Å². The number of rotatable bonds is 49. The van der Waals surface area contributed by atoms with Crippen molar-refractivity contribution in [3.8, 4) is 0 Å². The first-order valence-electron chi connectivity index (χ1n) is 33.6. The molecule has 0 aromatic rings. The molecule has 19 heteroatoms. The van der Waals surface area contributed by atoms with Crippen LogP contribution in [-0.4, -0.2) is 193 Å². The number of carbonyl (C=O) groups excluding carboxylic acids is 1. The zero-order chi connectivity index (χ0) is 64.7. The van der Waals surface area contributed by atoms with E-state index in [2.05, 4.69) is 116 Å². The second-order valence-electron chi connectivity index (χ2n) is 23.5. The van der Waals surface area contributed by atoms with Crippen LogP contribution in [0, 0.1) is 0 Å². The van der Waals surface area contributed by atoms with Crippen LogP contribution >= 0.6 is 0 Å². The smallest absolute Gasteiger partial charge is 0.220 e. The van der Waals surface area contributed by atoms with Gasteiger partial charge in [0.15, 0.2) is 18.9 Å². The Hall–Kier alpha value is -3.55. The van der Waals surface area contributed by atoms with Crippen molar-refractivity contribution < 1.29 is 89.4 Å². The Morgan fingerprint density at radius 3 is 1.26 bits per heavy atom. The Morgan fingerprint density at radius 1 is 0.416 bits per heavy atom. The summed E-state index contributed by atoms with van der Waals surface area (Å²) in [4.78, 5) is 13.4. The van der Waals surface area contributed by atoms with Crippen LogP contribution in [0.4, 0.5) is 0 Å². The van der Waals surface area contributed by atoms with Crippen LogP contribution in [0.15, 0.2) is 109 Å². The standard InChI is InChI=1S/C70H117NO18/c1-3-5-7-9-11-13-15-17-19-20-21-22-23-24-25-26-27-28-29-30-31-32-34-36-38-40-42-44-46-48-58(76)71-53(54(75)47-45-43-41-39-37-35-33-18-16-14-12-10-8-6-4-2)52-84-68-64(82)61(79)66(56(50-73)86-68)89-70-65(83)62(80)67(57(51-74)87-70)88-69-63(81)60(78)59(77)55(49-72)85-69/h5,7,11,13,16-19,21-22,24-25,27-28,37,39,45,47,53-57,59-70,72-75,77-83H,3-4,6,8-10,12,14-15,20,23,26,29-36,38,40-44,46,48-52H2,1-2H3,(H,71,76)/b7-5-,13-11-,18-16+,19-17-,22-21-,25-24-,28-27-,39-37+,47-45+. The third kappa shape index (κ3) is 33.2. The van der Waals surface area contributed by atoms with E-state index in [0.717, 1.165) is 96.3 Å². The van der Waals surface area contributed by atoms with Gasteiger partial charge in [0.25, 0.3) is 0 Å². The average molecular weight is 1260 g/mol. The summed E-state index contributed by atoms with van der Waals surface area (Å²) in [5.41, 5.74) is 0. The van der Waals surface area contributed by atoms with E-state index in [1.807, 2.05) is 6.08 Å². The first kappa shape index (κ1) is 79.7. The minimum absolute atomic E-state index is 0.219. The second-order valence-corrected chi connectivity index (χ2v) is 23.5. The summed E-state index contributed by atoms with van der Waals surface area (Å²) < 4.78 is 34.3. The predicted octanol–water partition coefficient (Wildman–Crippen LogP) is 8.27. The SMILES string of the molecule is CC/C=C\C/C=C\C/C=C\C/C=C\C/C=C\C/C=C\CCCCCCCCCCCCC(=O)NC(COC1OC(CO)C(OC2OC(CO)C(OC3OC(CO)C(O)C(O)C3O)C(O)C2O)C(O)C1O)C(O)/C=C/CC/C=C/CC/C=C/CCCCCCC. The van der Waals surface area contributed by atoms with E-state index in [1.165, 1.54) is 64.2 Å². The number of nitrogens with one attached hydrogen (secondary N) is 1. The van der Waals surface area contributed by atoms with Crippen molar-refractivity contribution in [2.45, 2.75) is 298 Å². The van der Waals surface area contributed by atoms with E-state index in [1.54, 1.807) is 6.08 Å². The number of hydrogen-bond acceptors (Lipinski definition) is 18. The van der Waals surface area contributed by atoms with Gasteiger partial charge < -0.3 is 89.9 Å². The molecule has 0 spiro atoms. The molecule has 0 bridgehead atoms. The fourth-order valence-corrected chi connectivity index (χ4v) is 10.6. The molecule has 510 valence electrons. The van der Waals surface area contributed by atoms with Crippen molar-refractivity contribution >= 4 is 5.91 Å². The van der Waals surface area contributed by atoms with E-state index in [-0.39, 0.29) is 18.9 Å². The van der Waals surface area contributed by atoms with E-state index < -0.39 is 124 Å². The topological polar surface area (TPSA) is 307 Å². The highest BCUT2D eigenvalue weighted by Gasteiger charge is 2.53. The maximum absolute atomic E-state index is 13.4. The maximum Gasteiger partial charge on any atom is 0.220 e. The van der Waals surface area contributed by atoms with E-state index in [0.29, 0.717) is 12.8 Å². The zero-order valence-corrected chi connectivity index (χ0v) is 53.6. The van der Waals surface area contributed by atoms with Gasteiger partial charge in [0.1, 0.15) is 73.2 Å². The molecule has 3 aliphatic rings. The molecule has 3 rings (SSSR count). The van der Waals surface area contributed by atoms with Gasteiger partial charge in [0.2, 0.25) is 5.91 Å². The van der Waals surface area contributed by atoms with Crippen molar-refractivity contribution in [1.82, 2.24) is 5.32 Å². The average Bonchev–Trinajstić information content (AvgIpc) is 2.42. The Labute approximate surface area is 532 Å². The lowest BCUT2D eigenvalue weighted by molar-refractivity contribution is -0.379. The number of ether oxygens (including phenoxy) is 6. The molecule has 0 saturated carbocycles. The summed E-state index contributed by atoms with van der Waals surface area (Å²) in [5, 5.41) is 120. The molecule has 3 fully saturated rings. The predicted molar refractivity (Wildman–Crippen MR) is 346 cm³/mol. The third-order valence-electron chi connectivity index (χ3n) is 16.0. The Balaban J connectivity index is 1.43. The molecule has 3 saturated heterocycles. The molecule has 1 amide bonds. The molecule has 12 N–H and O–H groups in total. The van der Waals surface area contributed by atoms with Crippen LogP contribution in [0.3, 0.4) is 0 Å². The largest absolute Gasteiger partial charge is 0.394 e. The fraction of sp³-hybridized carbons (Fsp3) is 0.729. The summed E-state index contributed by atoms with van der Waals surface area (Å²) in [6.07, 6.45) is 40.6. The van der Waals surface area contributed by atoms with Gasteiger partial charge in [0.05, 0.1) is 38.6 Å². The quantitative estimate of drug-likeness (QED) is 0.0201. The van der Waals surface area contributed by atoms with Gasteiger partial charge in [-0.3, -0.25) is 4.79 Å². The number of aliphatic hydroxyl groups is 11. The monoisotopic (exact) mass is 1260 g/mol. The molecule has 19 nitrogen and oxygen atoms in total.